The molecule has 0 saturated heterocycles. The number of aromatic amines is 1. The molecule has 0 bridgehead atoms. The average molecular weight is 274 g/mol. The second-order valence-corrected chi connectivity index (χ2v) is 5.61. The second kappa shape index (κ2) is 5.64. The van der Waals surface area contributed by atoms with Crippen LogP contribution >= 0.6 is 0 Å². The Bertz CT molecular complexity index is 574. The number of nitrogens with one attached hydrogen (secondary N) is 2. The third kappa shape index (κ3) is 2.55. The number of hydrogen-bond acceptors (Lipinski definition) is 5. The molecule has 20 heavy (non-hydrogen) atoms. The molecule has 0 aliphatic heterocycles. The van der Waals surface area contributed by atoms with Gasteiger partial charge in [-0.2, -0.15) is 15.1 Å². The maximum Gasteiger partial charge on any atom is 0.226 e. The molecule has 0 spiro atoms. The van der Waals surface area contributed by atoms with E-state index in [1.54, 1.807) is 0 Å². The van der Waals surface area contributed by atoms with Crippen molar-refractivity contribution in [3.8, 4) is 0 Å². The van der Waals surface area contributed by atoms with E-state index in [1.165, 1.54) is 19.3 Å². The van der Waals surface area contributed by atoms with Gasteiger partial charge < -0.3 is 10.2 Å². The van der Waals surface area contributed by atoms with Gasteiger partial charge >= 0.3 is 0 Å². The van der Waals surface area contributed by atoms with Crippen LogP contribution in [0.15, 0.2) is 6.20 Å². The summed E-state index contributed by atoms with van der Waals surface area (Å²) < 4.78 is 0. The van der Waals surface area contributed by atoms with Crippen molar-refractivity contribution in [2.75, 3.05) is 30.4 Å². The summed E-state index contributed by atoms with van der Waals surface area (Å²) in [6.45, 7) is 4.07. The van der Waals surface area contributed by atoms with E-state index >= 15 is 0 Å². The number of H-pyrrole nitrogens is 1. The fourth-order valence-corrected chi connectivity index (χ4v) is 2.58. The van der Waals surface area contributed by atoms with Gasteiger partial charge in [0.25, 0.3) is 0 Å². The summed E-state index contributed by atoms with van der Waals surface area (Å²) in [5, 5.41) is 11.3. The first-order valence-corrected chi connectivity index (χ1v) is 7.44. The van der Waals surface area contributed by atoms with E-state index in [0.717, 1.165) is 42.3 Å². The molecular formula is C14H22N6. The van der Waals surface area contributed by atoms with Crippen molar-refractivity contribution in [3.05, 3.63) is 6.20 Å². The number of fused-ring (bicyclic) bond motifs is 1. The molecule has 2 aromatic heterocycles. The van der Waals surface area contributed by atoms with Crippen molar-refractivity contribution >= 4 is 22.8 Å². The summed E-state index contributed by atoms with van der Waals surface area (Å²) in [4.78, 5) is 11.4. The summed E-state index contributed by atoms with van der Waals surface area (Å²) in [7, 11) is 2.11. The molecule has 3 rings (SSSR count). The van der Waals surface area contributed by atoms with Crippen LogP contribution in [0.2, 0.25) is 0 Å². The minimum absolute atomic E-state index is 0.680. The fourth-order valence-electron chi connectivity index (χ4n) is 2.58. The topological polar surface area (TPSA) is 69.7 Å². The molecule has 2 heterocycles. The Morgan fingerprint density at radius 2 is 2.25 bits per heavy atom. The maximum absolute atomic E-state index is 4.67. The van der Waals surface area contributed by atoms with Crippen LogP contribution in [0.4, 0.5) is 11.8 Å². The molecule has 0 amide bonds. The number of hydrogen-bond donors (Lipinski definition) is 2. The lowest BCUT2D eigenvalue weighted by Gasteiger charge is -2.31. The Kier molecular flexibility index (Phi) is 3.71. The molecular weight excluding hydrogens is 252 g/mol. The smallest absolute Gasteiger partial charge is 0.226 e. The molecule has 2 N–H and O–H groups in total. The van der Waals surface area contributed by atoms with Gasteiger partial charge in [-0.1, -0.05) is 13.3 Å². The molecule has 1 aliphatic carbocycles. The van der Waals surface area contributed by atoms with Gasteiger partial charge in [-0.05, 0) is 25.2 Å². The molecule has 6 nitrogen and oxygen atoms in total. The minimum Gasteiger partial charge on any atom is -0.359 e. The Hall–Kier alpha value is -1.85. The van der Waals surface area contributed by atoms with Crippen LogP contribution in [0, 0.1) is 5.92 Å². The van der Waals surface area contributed by atoms with Crippen LogP contribution in [-0.2, 0) is 0 Å². The van der Waals surface area contributed by atoms with Crippen molar-refractivity contribution in [3.63, 3.8) is 0 Å². The Morgan fingerprint density at radius 3 is 2.95 bits per heavy atom. The van der Waals surface area contributed by atoms with Crippen molar-refractivity contribution in [1.82, 2.24) is 20.2 Å². The van der Waals surface area contributed by atoms with Crippen LogP contribution in [0.1, 0.15) is 32.6 Å². The molecule has 0 radical (unpaired) electrons. The highest BCUT2D eigenvalue weighted by atomic mass is 15.2. The van der Waals surface area contributed by atoms with E-state index in [-0.39, 0.29) is 0 Å². The predicted molar refractivity (Wildman–Crippen MR) is 81.1 cm³/mol. The van der Waals surface area contributed by atoms with E-state index in [2.05, 4.69) is 44.4 Å². The van der Waals surface area contributed by atoms with E-state index in [9.17, 15) is 0 Å². The monoisotopic (exact) mass is 274 g/mol. The first kappa shape index (κ1) is 13.1. The Balaban J connectivity index is 1.87. The fraction of sp³-hybridized carbons (Fsp3) is 0.643. The highest BCUT2D eigenvalue weighted by Crippen LogP contribution is 2.30. The van der Waals surface area contributed by atoms with Crippen LogP contribution in [-0.4, -0.2) is 40.3 Å². The standard InChI is InChI=1S/C14H22N6/c1-3-7-15-14-17-12-11(8-16-19-12)13(18-14)20(2)9-10-5-4-6-10/h8,10H,3-7,9H2,1-2H3,(H2,15,16,17,18,19). The van der Waals surface area contributed by atoms with Crippen LogP contribution in [0.25, 0.3) is 11.0 Å². The summed E-state index contributed by atoms with van der Waals surface area (Å²) >= 11 is 0. The highest BCUT2D eigenvalue weighted by molar-refractivity contribution is 5.87. The Morgan fingerprint density at radius 1 is 1.40 bits per heavy atom. The zero-order valence-corrected chi connectivity index (χ0v) is 12.2. The molecule has 1 saturated carbocycles. The van der Waals surface area contributed by atoms with E-state index in [4.69, 9.17) is 0 Å². The van der Waals surface area contributed by atoms with Crippen molar-refractivity contribution < 1.29 is 0 Å². The molecule has 0 aromatic carbocycles. The van der Waals surface area contributed by atoms with Crippen molar-refractivity contribution in [2.24, 2.45) is 5.92 Å². The zero-order valence-electron chi connectivity index (χ0n) is 12.2. The van der Waals surface area contributed by atoms with E-state index in [0.29, 0.717) is 5.95 Å². The molecule has 0 unspecified atom stereocenters. The van der Waals surface area contributed by atoms with Gasteiger partial charge in [-0.25, -0.2) is 0 Å². The number of rotatable bonds is 6. The minimum atomic E-state index is 0.680. The molecule has 1 aliphatic rings. The lowest BCUT2D eigenvalue weighted by atomic mass is 9.85. The third-order valence-corrected chi connectivity index (χ3v) is 3.94. The van der Waals surface area contributed by atoms with Gasteiger partial charge in [0.05, 0.1) is 11.6 Å². The van der Waals surface area contributed by atoms with Gasteiger partial charge in [-0.15, -0.1) is 0 Å². The summed E-state index contributed by atoms with van der Waals surface area (Å²) in [5.41, 5.74) is 0.800. The normalized spacial score (nSPS) is 15.3. The van der Waals surface area contributed by atoms with Gasteiger partial charge in [0.2, 0.25) is 5.95 Å². The van der Waals surface area contributed by atoms with Crippen LogP contribution in [0.3, 0.4) is 0 Å². The lowest BCUT2D eigenvalue weighted by Crippen LogP contribution is -2.30. The van der Waals surface area contributed by atoms with Gasteiger partial charge in [0, 0.05) is 20.1 Å². The van der Waals surface area contributed by atoms with Crippen LogP contribution < -0.4 is 10.2 Å². The molecule has 2 aromatic rings. The molecule has 6 heteroatoms. The first-order chi connectivity index (χ1) is 9.78. The van der Waals surface area contributed by atoms with Crippen LogP contribution in [0.5, 0.6) is 0 Å². The zero-order chi connectivity index (χ0) is 13.9. The maximum atomic E-state index is 4.67. The van der Waals surface area contributed by atoms with Gasteiger partial charge in [0.1, 0.15) is 5.82 Å². The molecule has 108 valence electrons. The Labute approximate surface area is 119 Å². The largest absolute Gasteiger partial charge is 0.359 e. The second-order valence-electron chi connectivity index (χ2n) is 5.61. The first-order valence-electron chi connectivity index (χ1n) is 7.44. The van der Waals surface area contributed by atoms with Gasteiger partial charge in [-0.3, -0.25) is 5.10 Å². The number of anilines is 2. The SMILES string of the molecule is CCCNc1nc(N(C)CC2CCC2)c2cn[nH]c2n1. The lowest BCUT2D eigenvalue weighted by molar-refractivity contribution is 0.321. The number of nitrogens with zero attached hydrogens (tertiary/aromatic N) is 4. The number of aromatic nitrogens is 4. The van der Waals surface area contributed by atoms with Gasteiger partial charge in [0.15, 0.2) is 5.65 Å². The molecule has 1 fully saturated rings. The van der Waals surface area contributed by atoms with E-state index in [1.807, 2.05) is 6.20 Å². The average Bonchev–Trinajstić information content (AvgIpc) is 2.87. The van der Waals surface area contributed by atoms with E-state index < -0.39 is 0 Å². The molecule has 0 atom stereocenters. The summed E-state index contributed by atoms with van der Waals surface area (Å²) in [6, 6.07) is 0. The highest BCUT2D eigenvalue weighted by Gasteiger charge is 2.21. The quantitative estimate of drug-likeness (QED) is 0.846. The van der Waals surface area contributed by atoms with Crippen molar-refractivity contribution in [1.29, 1.82) is 0 Å². The van der Waals surface area contributed by atoms with Crippen molar-refractivity contribution in [2.45, 2.75) is 32.6 Å². The predicted octanol–water partition coefficient (Wildman–Crippen LogP) is 2.41. The summed E-state index contributed by atoms with van der Waals surface area (Å²) in [5.74, 6) is 2.46. The third-order valence-electron chi connectivity index (χ3n) is 3.94. The summed E-state index contributed by atoms with van der Waals surface area (Å²) in [6.07, 6.45) is 6.91.